The molecule has 1 saturated heterocycles. The first-order valence-corrected chi connectivity index (χ1v) is 12.4. The minimum Gasteiger partial charge on any atom is -0.348 e. The van der Waals surface area contributed by atoms with Crippen LogP contribution in [-0.2, 0) is 21.4 Å². The van der Waals surface area contributed by atoms with Crippen LogP contribution >= 0.6 is 0 Å². The first-order chi connectivity index (χ1) is 15.2. The Bertz CT molecular complexity index is 1090. The third-order valence-electron chi connectivity index (χ3n) is 5.58. The highest BCUT2D eigenvalue weighted by Gasteiger charge is 2.27. The number of carbonyl (C=O) groups excluding carboxylic acids is 2. The summed E-state index contributed by atoms with van der Waals surface area (Å²) in [5, 5.41) is 5.70. The maximum absolute atomic E-state index is 13.0. The normalized spacial score (nSPS) is 14.9. The zero-order valence-corrected chi connectivity index (χ0v) is 19.7. The number of nitrogens with zero attached hydrogens (tertiary/aromatic N) is 1. The quantitative estimate of drug-likeness (QED) is 0.663. The third kappa shape index (κ3) is 5.75. The maximum Gasteiger partial charge on any atom is 0.251 e. The molecule has 0 aromatic heterocycles. The minimum absolute atomic E-state index is 0.0754. The van der Waals surface area contributed by atoms with Crippen LogP contribution in [0.15, 0.2) is 47.4 Å². The van der Waals surface area contributed by atoms with E-state index in [2.05, 4.69) is 10.6 Å². The van der Waals surface area contributed by atoms with Gasteiger partial charge in [-0.15, -0.1) is 0 Å². The number of amides is 2. The van der Waals surface area contributed by atoms with Crippen LogP contribution in [0.5, 0.6) is 0 Å². The third-order valence-corrected chi connectivity index (χ3v) is 7.47. The number of piperidine rings is 1. The van der Waals surface area contributed by atoms with Crippen molar-refractivity contribution in [2.75, 3.05) is 18.4 Å². The number of hydrogen-bond acceptors (Lipinski definition) is 4. The number of anilines is 1. The molecule has 1 aliphatic rings. The van der Waals surface area contributed by atoms with E-state index in [0.29, 0.717) is 29.9 Å². The summed E-state index contributed by atoms with van der Waals surface area (Å²) < 4.78 is 27.5. The predicted molar refractivity (Wildman–Crippen MR) is 125 cm³/mol. The van der Waals surface area contributed by atoms with Gasteiger partial charge in [-0.1, -0.05) is 38.5 Å². The van der Waals surface area contributed by atoms with Gasteiger partial charge in [-0.2, -0.15) is 4.31 Å². The van der Waals surface area contributed by atoms with Gasteiger partial charge in [0.25, 0.3) is 5.91 Å². The van der Waals surface area contributed by atoms with E-state index in [0.717, 1.165) is 24.8 Å². The molecule has 2 N–H and O–H groups in total. The molecule has 0 aliphatic carbocycles. The van der Waals surface area contributed by atoms with Crippen molar-refractivity contribution in [3.63, 3.8) is 0 Å². The Morgan fingerprint density at radius 3 is 2.44 bits per heavy atom. The summed E-state index contributed by atoms with van der Waals surface area (Å²) in [6.45, 7) is 6.71. The summed E-state index contributed by atoms with van der Waals surface area (Å²) in [6.07, 6.45) is 2.75. The summed E-state index contributed by atoms with van der Waals surface area (Å²) >= 11 is 0. The topological polar surface area (TPSA) is 95.6 Å². The van der Waals surface area contributed by atoms with E-state index in [-0.39, 0.29) is 29.2 Å². The van der Waals surface area contributed by atoms with E-state index >= 15 is 0 Å². The molecular formula is C24H31N3O4S. The van der Waals surface area contributed by atoms with Gasteiger partial charge < -0.3 is 10.6 Å². The van der Waals surface area contributed by atoms with Crippen molar-refractivity contribution in [2.24, 2.45) is 5.92 Å². The van der Waals surface area contributed by atoms with E-state index in [4.69, 9.17) is 0 Å². The van der Waals surface area contributed by atoms with Gasteiger partial charge in [-0.25, -0.2) is 8.42 Å². The lowest BCUT2D eigenvalue weighted by molar-refractivity contribution is -0.118. The van der Waals surface area contributed by atoms with E-state index < -0.39 is 10.0 Å². The molecule has 0 unspecified atom stereocenters. The predicted octanol–water partition coefficient (Wildman–Crippen LogP) is 3.69. The zero-order chi connectivity index (χ0) is 23.3. The van der Waals surface area contributed by atoms with E-state index in [1.165, 1.54) is 10.4 Å². The Morgan fingerprint density at radius 1 is 1.03 bits per heavy atom. The van der Waals surface area contributed by atoms with Gasteiger partial charge in [0.1, 0.15) is 0 Å². The Kier molecular flexibility index (Phi) is 7.69. The van der Waals surface area contributed by atoms with Crippen LogP contribution in [0.1, 0.15) is 54.6 Å². The molecule has 0 atom stereocenters. The van der Waals surface area contributed by atoms with Crippen molar-refractivity contribution >= 4 is 27.5 Å². The highest BCUT2D eigenvalue weighted by atomic mass is 32.2. The molecule has 1 fully saturated rings. The maximum atomic E-state index is 13.0. The minimum atomic E-state index is -3.61. The number of benzene rings is 2. The largest absolute Gasteiger partial charge is 0.348 e. The molecule has 0 radical (unpaired) electrons. The van der Waals surface area contributed by atoms with Gasteiger partial charge in [0.15, 0.2) is 0 Å². The van der Waals surface area contributed by atoms with Crippen molar-refractivity contribution < 1.29 is 18.0 Å². The number of nitrogens with one attached hydrogen (secondary N) is 2. The fourth-order valence-electron chi connectivity index (χ4n) is 3.58. The first-order valence-electron chi connectivity index (χ1n) is 11.0. The summed E-state index contributed by atoms with van der Waals surface area (Å²) in [7, 11) is -3.61. The van der Waals surface area contributed by atoms with Gasteiger partial charge in [-0.05, 0) is 55.2 Å². The lowest BCUT2D eigenvalue weighted by Crippen LogP contribution is -2.35. The molecular weight excluding hydrogens is 426 g/mol. The van der Waals surface area contributed by atoms with Gasteiger partial charge >= 0.3 is 0 Å². The molecule has 7 nitrogen and oxygen atoms in total. The second-order valence-electron chi connectivity index (χ2n) is 8.47. The molecule has 1 aliphatic heterocycles. The smallest absolute Gasteiger partial charge is 0.251 e. The number of rotatable bonds is 7. The van der Waals surface area contributed by atoms with E-state index in [1.54, 1.807) is 25.1 Å². The second kappa shape index (κ2) is 10.3. The van der Waals surface area contributed by atoms with Crippen LogP contribution in [0.4, 0.5) is 5.69 Å². The van der Waals surface area contributed by atoms with Gasteiger partial charge in [0, 0.05) is 36.8 Å². The monoisotopic (exact) mass is 457 g/mol. The number of carbonyl (C=O) groups is 2. The average molecular weight is 458 g/mol. The molecule has 32 heavy (non-hydrogen) atoms. The van der Waals surface area contributed by atoms with Crippen LogP contribution in [0.25, 0.3) is 0 Å². The van der Waals surface area contributed by atoms with Crippen molar-refractivity contribution in [1.29, 1.82) is 0 Å². The Labute approximate surface area is 190 Å². The van der Waals surface area contributed by atoms with Crippen molar-refractivity contribution in [1.82, 2.24) is 9.62 Å². The van der Waals surface area contributed by atoms with Crippen LogP contribution in [0.3, 0.4) is 0 Å². The Hall–Kier alpha value is -2.71. The molecule has 172 valence electrons. The molecule has 2 amide bonds. The van der Waals surface area contributed by atoms with Crippen LogP contribution in [0, 0.1) is 12.8 Å². The first kappa shape index (κ1) is 23.9. The molecule has 2 aromatic rings. The lowest BCUT2D eigenvalue weighted by atomic mass is 10.1. The van der Waals surface area contributed by atoms with Crippen molar-refractivity contribution in [3.05, 3.63) is 59.2 Å². The molecule has 0 bridgehead atoms. The molecule has 2 aromatic carbocycles. The lowest BCUT2D eigenvalue weighted by Gasteiger charge is -2.26. The Balaban J connectivity index is 1.72. The van der Waals surface area contributed by atoms with E-state index in [9.17, 15) is 18.0 Å². The SMILES string of the molecule is Cc1ccc(S(=O)(=O)N2CCCCC2)cc1C(=O)NCc1cccc(NC(=O)C(C)C)c1. The van der Waals surface area contributed by atoms with Crippen LogP contribution < -0.4 is 10.6 Å². The summed E-state index contributed by atoms with van der Waals surface area (Å²) in [5.41, 5.74) is 2.54. The van der Waals surface area contributed by atoms with Crippen LogP contribution in [-0.4, -0.2) is 37.6 Å². The summed E-state index contributed by atoms with van der Waals surface area (Å²) in [5.74, 6) is -0.543. The van der Waals surface area contributed by atoms with Gasteiger partial charge in [0.2, 0.25) is 15.9 Å². The summed E-state index contributed by atoms with van der Waals surface area (Å²) in [6, 6.07) is 12.0. The second-order valence-corrected chi connectivity index (χ2v) is 10.4. The van der Waals surface area contributed by atoms with E-state index in [1.807, 2.05) is 32.0 Å². The zero-order valence-electron chi connectivity index (χ0n) is 18.8. The average Bonchev–Trinajstić information content (AvgIpc) is 2.78. The molecule has 0 saturated carbocycles. The number of hydrogen-bond donors (Lipinski definition) is 2. The van der Waals surface area contributed by atoms with Crippen molar-refractivity contribution in [3.8, 4) is 0 Å². The fraction of sp³-hybridized carbons (Fsp3) is 0.417. The Morgan fingerprint density at radius 2 is 1.75 bits per heavy atom. The van der Waals surface area contributed by atoms with Crippen LogP contribution in [0.2, 0.25) is 0 Å². The highest BCUT2D eigenvalue weighted by molar-refractivity contribution is 7.89. The summed E-state index contributed by atoms with van der Waals surface area (Å²) in [4.78, 5) is 24.9. The van der Waals surface area contributed by atoms with Gasteiger partial charge in [0.05, 0.1) is 4.90 Å². The fourth-order valence-corrected chi connectivity index (χ4v) is 5.13. The molecule has 1 heterocycles. The standard InChI is InChI=1S/C24H31N3O4S/c1-17(2)23(28)26-20-9-7-8-19(14-20)16-25-24(29)22-15-21(11-10-18(22)3)32(30,31)27-12-5-4-6-13-27/h7-11,14-15,17H,4-6,12-13,16H2,1-3H3,(H,25,29)(H,26,28). The van der Waals surface area contributed by atoms with Crippen molar-refractivity contribution in [2.45, 2.75) is 51.5 Å². The highest BCUT2D eigenvalue weighted by Crippen LogP contribution is 2.23. The molecule has 3 rings (SSSR count). The molecule has 0 spiro atoms. The molecule has 8 heteroatoms. The van der Waals surface area contributed by atoms with Gasteiger partial charge in [-0.3, -0.25) is 9.59 Å². The number of aryl methyl sites for hydroxylation is 1. The number of sulfonamides is 1.